The van der Waals surface area contributed by atoms with Gasteiger partial charge in [-0.2, -0.15) is 0 Å². The molecule has 0 saturated heterocycles. The Morgan fingerprint density at radius 1 is 0.588 bits per heavy atom. The molecule has 0 aliphatic heterocycles. The van der Waals surface area contributed by atoms with Crippen LogP contribution in [0.1, 0.15) is 72.9 Å². The van der Waals surface area contributed by atoms with Gasteiger partial charge in [0.2, 0.25) is 5.69 Å². The molecule has 1 N–H and O–H groups in total. The van der Waals surface area contributed by atoms with Crippen LogP contribution in [0.3, 0.4) is 0 Å². The van der Waals surface area contributed by atoms with Gasteiger partial charge in [0, 0.05) is 18.3 Å². The van der Waals surface area contributed by atoms with Gasteiger partial charge < -0.3 is 0 Å². The number of pyridine rings is 2. The molecule has 4 aromatic rings. The zero-order valence-electron chi connectivity index (χ0n) is 20.5. The molecule has 0 aliphatic carbocycles. The maximum Gasteiger partial charge on any atom is 0.230 e. The number of nitrogens with zero attached hydrogens (tertiary/aromatic N) is 1. The summed E-state index contributed by atoms with van der Waals surface area (Å²) < 4.78 is 0. The minimum atomic E-state index is 0.549. The van der Waals surface area contributed by atoms with Crippen LogP contribution in [-0.4, -0.2) is 4.98 Å². The SMILES string of the molecule is CC(C)c1ccc(/C=C/c2ccnc(-c3cc(/C=C/c4ccc(C(C)C)cc4)cc[nH+]3)c2)cc1. The van der Waals surface area contributed by atoms with E-state index >= 15 is 0 Å². The summed E-state index contributed by atoms with van der Waals surface area (Å²) in [4.78, 5) is 7.93. The van der Waals surface area contributed by atoms with Crippen LogP contribution in [0.15, 0.2) is 85.2 Å². The van der Waals surface area contributed by atoms with E-state index in [1.165, 1.54) is 22.3 Å². The van der Waals surface area contributed by atoms with Crippen LogP contribution in [0.2, 0.25) is 0 Å². The summed E-state index contributed by atoms with van der Waals surface area (Å²) in [5.74, 6) is 1.10. The summed E-state index contributed by atoms with van der Waals surface area (Å²) in [6.45, 7) is 8.87. The quantitative estimate of drug-likeness (QED) is 0.282. The molecule has 0 saturated carbocycles. The molecule has 0 radical (unpaired) electrons. The Kier molecular flexibility index (Phi) is 7.49. The molecule has 2 nitrogen and oxygen atoms in total. The molecule has 2 heterocycles. The predicted octanol–water partition coefficient (Wildman–Crippen LogP) is 8.15. The fourth-order valence-corrected chi connectivity index (χ4v) is 3.80. The number of aromatic nitrogens is 2. The van der Waals surface area contributed by atoms with Gasteiger partial charge >= 0.3 is 0 Å². The zero-order valence-corrected chi connectivity index (χ0v) is 20.5. The first-order chi connectivity index (χ1) is 16.5. The Balaban J connectivity index is 1.49. The molecular weight excluding hydrogens is 412 g/mol. The molecule has 4 rings (SSSR count). The van der Waals surface area contributed by atoms with E-state index in [1.807, 2.05) is 18.5 Å². The van der Waals surface area contributed by atoms with Gasteiger partial charge in [-0.15, -0.1) is 0 Å². The third-order valence-corrected chi connectivity index (χ3v) is 6.03. The Hall–Kier alpha value is -3.78. The molecule has 2 heteroatoms. The van der Waals surface area contributed by atoms with Crippen LogP contribution < -0.4 is 4.98 Å². The molecule has 0 aliphatic rings. The maximum atomic E-state index is 4.59. The van der Waals surface area contributed by atoms with Crippen molar-refractivity contribution in [2.45, 2.75) is 39.5 Å². The lowest BCUT2D eigenvalue weighted by atomic mass is 10.0. The molecule has 170 valence electrons. The van der Waals surface area contributed by atoms with E-state index in [-0.39, 0.29) is 0 Å². The number of hydrogen-bond donors (Lipinski definition) is 0. The number of nitrogens with one attached hydrogen (secondary N) is 1. The van der Waals surface area contributed by atoms with E-state index in [1.54, 1.807) is 0 Å². The van der Waals surface area contributed by atoms with Crippen molar-refractivity contribution in [1.82, 2.24) is 4.98 Å². The van der Waals surface area contributed by atoms with Crippen molar-refractivity contribution in [2.75, 3.05) is 0 Å². The van der Waals surface area contributed by atoms with E-state index in [0.717, 1.165) is 22.5 Å². The van der Waals surface area contributed by atoms with Crippen molar-refractivity contribution >= 4 is 24.3 Å². The van der Waals surface area contributed by atoms with Crippen molar-refractivity contribution in [1.29, 1.82) is 0 Å². The van der Waals surface area contributed by atoms with Gasteiger partial charge in [0.05, 0.1) is 0 Å². The highest BCUT2D eigenvalue weighted by Crippen LogP contribution is 2.20. The number of rotatable bonds is 7. The second-order valence-corrected chi connectivity index (χ2v) is 9.32. The third-order valence-electron chi connectivity index (χ3n) is 6.03. The lowest BCUT2D eigenvalue weighted by molar-refractivity contribution is -0.364. The number of H-pyrrole nitrogens is 1. The smallest absolute Gasteiger partial charge is 0.230 e. The molecule has 2 aromatic carbocycles. The van der Waals surface area contributed by atoms with Crippen molar-refractivity contribution in [3.05, 3.63) is 119 Å². The predicted molar refractivity (Wildman–Crippen MR) is 145 cm³/mol. The van der Waals surface area contributed by atoms with E-state index in [0.29, 0.717) is 11.8 Å². The lowest BCUT2D eigenvalue weighted by Crippen LogP contribution is -2.06. The maximum absolute atomic E-state index is 4.59. The van der Waals surface area contributed by atoms with Crippen LogP contribution in [0.4, 0.5) is 0 Å². The Morgan fingerprint density at radius 2 is 1.09 bits per heavy atom. The van der Waals surface area contributed by atoms with Gasteiger partial charge in [-0.05, 0) is 57.3 Å². The van der Waals surface area contributed by atoms with Gasteiger partial charge in [-0.25, -0.2) is 9.97 Å². The van der Waals surface area contributed by atoms with Crippen molar-refractivity contribution < 1.29 is 4.98 Å². The minimum absolute atomic E-state index is 0.549. The number of hydrogen-bond acceptors (Lipinski definition) is 1. The monoisotopic (exact) mass is 445 g/mol. The molecule has 34 heavy (non-hydrogen) atoms. The molecule has 0 unspecified atom stereocenters. The minimum Gasteiger partial charge on any atom is -0.250 e. The average molecular weight is 446 g/mol. The van der Waals surface area contributed by atoms with Crippen LogP contribution >= 0.6 is 0 Å². The topological polar surface area (TPSA) is 27.0 Å². The fraction of sp³-hybridized carbons (Fsp3) is 0.188. The highest BCUT2D eigenvalue weighted by atomic mass is 14.8. The fourth-order valence-electron chi connectivity index (χ4n) is 3.80. The summed E-state index contributed by atoms with van der Waals surface area (Å²) in [6.07, 6.45) is 12.4. The average Bonchev–Trinajstić information content (AvgIpc) is 2.87. The highest BCUT2D eigenvalue weighted by Gasteiger charge is 2.08. The van der Waals surface area contributed by atoms with Crippen molar-refractivity contribution in [2.24, 2.45) is 0 Å². The van der Waals surface area contributed by atoms with Gasteiger partial charge in [-0.1, -0.05) is 101 Å². The van der Waals surface area contributed by atoms with Crippen LogP contribution in [-0.2, 0) is 0 Å². The van der Waals surface area contributed by atoms with Gasteiger partial charge in [0.25, 0.3) is 0 Å². The molecule has 0 amide bonds. The summed E-state index contributed by atoms with van der Waals surface area (Å²) in [5, 5.41) is 0. The van der Waals surface area contributed by atoms with Gasteiger partial charge in [-0.3, -0.25) is 0 Å². The summed E-state index contributed by atoms with van der Waals surface area (Å²) in [6, 6.07) is 25.9. The van der Waals surface area contributed by atoms with Crippen molar-refractivity contribution in [3.8, 4) is 11.4 Å². The molecular formula is C32H33N2+. The molecule has 0 fully saturated rings. The normalized spacial score (nSPS) is 11.8. The zero-order chi connectivity index (χ0) is 23.9. The highest BCUT2D eigenvalue weighted by molar-refractivity contribution is 5.73. The lowest BCUT2D eigenvalue weighted by Gasteiger charge is -2.04. The largest absolute Gasteiger partial charge is 0.250 e. The van der Waals surface area contributed by atoms with E-state index in [2.05, 4.69) is 129 Å². The van der Waals surface area contributed by atoms with Crippen LogP contribution in [0, 0.1) is 0 Å². The van der Waals surface area contributed by atoms with E-state index in [9.17, 15) is 0 Å². The summed E-state index contributed by atoms with van der Waals surface area (Å²) >= 11 is 0. The summed E-state index contributed by atoms with van der Waals surface area (Å²) in [7, 11) is 0. The standard InChI is InChI=1S/C32H32N2/c1-23(2)29-13-9-25(10-14-29)5-7-27-17-19-33-31(21-27)32-22-28(18-20-34-32)8-6-26-11-15-30(16-12-26)24(3)4/h5-24H,1-4H3/p+1/b7-5+,8-6+. The van der Waals surface area contributed by atoms with Gasteiger partial charge in [0.15, 0.2) is 6.20 Å². The first-order valence-electron chi connectivity index (χ1n) is 12.0. The number of aromatic amines is 1. The second-order valence-electron chi connectivity index (χ2n) is 9.32. The molecule has 0 atom stereocenters. The van der Waals surface area contributed by atoms with E-state index < -0.39 is 0 Å². The Bertz CT molecular complexity index is 1170. The summed E-state index contributed by atoms with van der Waals surface area (Å²) in [5.41, 5.74) is 9.30. The third kappa shape index (κ3) is 6.17. The second kappa shape index (κ2) is 10.9. The Morgan fingerprint density at radius 3 is 1.62 bits per heavy atom. The Labute approximate surface area is 203 Å². The van der Waals surface area contributed by atoms with Crippen molar-refractivity contribution in [3.63, 3.8) is 0 Å². The molecule has 2 aromatic heterocycles. The van der Waals surface area contributed by atoms with E-state index in [4.69, 9.17) is 0 Å². The van der Waals surface area contributed by atoms with Gasteiger partial charge in [0.1, 0.15) is 5.69 Å². The molecule has 0 spiro atoms. The van der Waals surface area contributed by atoms with Crippen LogP contribution in [0.25, 0.3) is 35.7 Å². The van der Waals surface area contributed by atoms with Crippen LogP contribution in [0.5, 0.6) is 0 Å². The first kappa shape index (κ1) is 23.4. The first-order valence-corrected chi connectivity index (χ1v) is 12.0. The molecule has 0 bridgehead atoms. The number of benzene rings is 2.